The number of allylic oxidation sites excluding steroid dienone is 1. The maximum Gasteiger partial charge on any atom is -0.0142 e. The molecule has 0 aromatic heterocycles. The first-order valence-corrected chi connectivity index (χ1v) is 4.88. The van der Waals surface area contributed by atoms with Crippen LogP contribution in [0.5, 0.6) is 0 Å². The van der Waals surface area contributed by atoms with Crippen molar-refractivity contribution in [3.63, 3.8) is 0 Å². The number of benzene rings is 1. The highest BCUT2D eigenvalue weighted by Crippen LogP contribution is 2.15. The SMILES string of the molecule is CS/C=C(/C)c1ccccc1. The zero-order valence-electron chi connectivity index (χ0n) is 6.87. The minimum atomic E-state index is 1.31. The summed E-state index contributed by atoms with van der Waals surface area (Å²) in [6, 6.07) is 10.4. The summed E-state index contributed by atoms with van der Waals surface area (Å²) in [5, 5.41) is 2.16. The molecule has 0 amide bonds. The predicted octanol–water partition coefficient (Wildman–Crippen LogP) is 3.41. The van der Waals surface area contributed by atoms with Gasteiger partial charge in [0.2, 0.25) is 0 Å². The van der Waals surface area contributed by atoms with Crippen LogP contribution in [-0.2, 0) is 0 Å². The lowest BCUT2D eigenvalue weighted by molar-refractivity contribution is 1.58. The van der Waals surface area contributed by atoms with Gasteiger partial charge in [0.1, 0.15) is 0 Å². The normalized spacial score (nSPS) is 11.6. The lowest BCUT2D eigenvalue weighted by atomic mass is 10.1. The lowest BCUT2D eigenvalue weighted by Crippen LogP contribution is -1.75. The topological polar surface area (TPSA) is 0 Å². The quantitative estimate of drug-likeness (QED) is 0.645. The third-order valence-corrected chi connectivity index (χ3v) is 2.11. The van der Waals surface area contributed by atoms with Crippen LogP contribution in [0.3, 0.4) is 0 Å². The van der Waals surface area contributed by atoms with Gasteiger partial charge in [0.05, 0.1) is 0 Å². The van der Waals surface area contributed by atoms with Gasteiger partial charge in [-0.1, -0.05) is 30.3 Å². The summed E-state index contributed by atoms with van der Waals surface area (Å²) >= 11 is 1.74. The molecule has 1 aromatic carbocycles. The molecule has 58 valence electrons. The van der Waals surface area contributed by atoms with Gasteiger partial charge in [-0.05, 0) is 29.7 Å². The van der Waals surface area contributed by atoms with Crippen molar-refractivity contribution < 1.29 is 0 Å². The van der Waals surface area contributed by atoms with Crippen molar-refractivity contribution in [1.82, 2.24) is 0 Å². The Morgan fingerprint density at radius 3 is 2.45 bits per heavy atom. The van der Waals surface area contributed by atoms with Gasteiger partial charge in [-0.2, -0.15) is 0 Å². The molecule has 0 fully saturated rings. The first kappa shape index (κ1) is 8.41. The number of thioether (sulfide) groups is 1. The van der Waals surface area contributed by atoms with Crippen molar-refractivity contribution >= 4 is 17.3 Å². The molecule has 0 saturated carbocycles. The van der Waals surface area contributed by atoms with E-state index in [0.29, 0.717) is 0 Å². The Labute approximate surface area is 72.3 Å². The third-order valence-electron chi connectivity index (χ3n) is 1.52. The molecule has 0 heterocycles. The van der Waals surface area contributed by atoms with Crippen LogP contribution in [-0.4, -0.2) is 6.26 Å². The second-order valence-electron chi connectivity index (χ2n) is 2.40. The van der Waals surface area contributed by atoms with E-state index in [-0.39, 0.29) is 0 Å². The van der Waals surface area contributed by atoms with E-state index in [4.69, 9.17) is 0 Å². The zero-order chi connectivity index (χ0) is 8.10. The Morgan fingerprint density at radius 2 is 1.91 bits per heavy atom. The van der Waals surface area contributed by atoms with Gasteiger partial charge in [-0.15, -0.1) is 11.8 Å². The summed E-state index contributed by atoms with van der Waals surface area (Å²) in [6.45, 7) is 2.13. The fourth-order valence-electron chi connectivity index (χ4n) is 0.946. The molecule has 0 nitrogen and oxygen atoms in total. The molecule has 0 aliphatic heterocycles. The van der Waals surface area contributed by atoms with Crippen molar-refractivity contribution in [1.29, 1.82) is 0 Å². The van der Waals surface area contributed by atoms with Crippen molar-refractivity contribution in [3.8, 4) is 0 Å². The Kier molecular flexibility index (Phi) is 3.24. The van der Waals surface area contributed by atoms with Crippen LogP contribution in [0, 0.1) is 0 Å². The maximum absolute atomic E-state index is 2.16. The second-order valence-corrected chi connectivity index (χ2v) is 3.11. The molecule has 1 heteroatoms. The lowest BCUT2D eigenvalue weighted by Gasteiger charge is -1.98. The van der Waals surface area contributed by atoms with Crippen LogP contribution < -0.4 is 0 Å². The predicted molar refractivity (Wildman–Crippen MR) is 53.6 cm³/mol. The molecule has 0 atom stereocenters. The first-order valence-electron chi connectivity index (χ1n) is 3.59. The summed E-state index contributed by atoms with van der Waals surface area (Å²) in [4.78, 5) is 0. The Morgan fingerprint density at radius 1 is 1.27 bits per heavy atom. The summed E-state index contributed by atoms with van der Waals surface area (Å²) in [6.07, 6.45) is 2.08. The average molecular weight is 164 g/mol. The fraction of sp³-hybridized carbons (Fsp3) is 0.200. The van der Waals surface area contributed by atoms with Gasteiger partial charge < -0.3 is 0 Å². The van der Waals surface area contributed by atoms with Crippen LogP contribution in [0.2, 0.25) is 0 Å². The summed E-state index contributed by atoms with van der Waals surface area (Å²) in [5.74, 6) is 0. The number of hydrogen-bond acceptors (Lipinski definition) is 1. The second kappa shape index (κ2) is 4.24. The van der Waals surface area contributed by atoms with Crippen LogP contribution in [0.1, 0.15) is 12.5 Å². The van der Waals surface area contributed by atoms with Crippen LogP contribution in [0.4, 0.5) is 0 Å². The van der Waals surface area contributed by atoms with E-state index in [9.17, 15) is 0 Å². The molecule has 0 aliphatic carbocycles. The minimum Gasteiger partial charge on any atom is -0.137 e. The van der Waals surface area contributed by atoms with Crippen molar-refractivity contribution in [2.24, 2.45) is 0 Å². The van der Waals surface area contributed by atoms with Gasteiger partial charge in [-0.3, -0.25) is 0 Å². The number of rotatable bonds is 2. The highest BCUT2D eigenvalue weighted by atomic mass is 32.2. The first-order chi connectivity index (χ1) is 5.34. The van der Waals surface area contributed by atoms with Crippen molar-refractivity contribution in [2.75, 3.05) is 6.26 Å². The molecule has 0 saturated heterocycles. The highest BCUT2D eigenvalue weighted by molar-refractivity contribution is 8.01. The third kappa shape index (κ3) is 2.43. The molecule has 0 bridgehead atoms. The molecule has 0 spiro atoms. The highest BCUT2D eigenvalue weighted by Gasteiger charge is 1.90. The molecule has 0 N–H and O–H groups in total. The van der Waals surface area contributed by atoms with Gasteiger partial charge in [0, 0.05) is 0 Å². The molecular formula is C10H12S. The van der Waals surface area contributed by atoms with Crippen LogP contribution >= 0.6 is 11.8 Å². The molecule has 0 radical (unpaired) electrons. The Hall–Kier alpha value is -0.690. The molecule has 1 rings (SSSR count). The smallest absolute Gasteiger partial charge is 0.0142 e. The van der Waals surface area contributed by atoms with Gasteiger partial charge in [0.25, 0.3) is 0 Å². The number of hydrogen-bond donors (Lipinski definition) is 0. The molecule has 11 heavy (non-hydrogen) atoms. The van der Waals surface area contributed by atoms with E-state index in [2.05, 4.69) is 42.9 Å². The fourth-order valence-corrected chi connectivity index (χ4v) is 1.44. The Balaban J connectivity index is 2.85. The van der Waals surface area contributed by atoms with E-state index in [0.717, 1.165) is 0 Å². The van der Waals surface area contributed by atoms with Crippen LogP contribution in [0.25, 0.3) is 5.57 Å². The monoisotopic (exact) mass is 164 g/mol. The van der Waals surface area contributed by atoms with E-state index in [1.165, 1.54) is 11.1 Å². The van der Waals surface area contributed by atoms with E-state index >= 15 is 0 Å². The van der Waals surface area contributed by atoms with Gasteiger partial charge >= 0.3 is 0 Å². The molecule has 0 aliphatic rings. The average Bonchev–Trinajstić information content (AvgIpc) is 2.07. The van der Waals surface area contributed by atoms with Crippen molar-refractivity contribution in [2.45, 2.75) is 6.92 Å². The summed E-state index contributed by atoms with van der Waals surface area (Å²) < 4.78 is 0. The van der Waals surface area contributed by atoms with Crippen LogP contribution in [0.15, 0.2) is 35.7 Å². The summed E-state index contributed by atoms with van der Waals surface area (Å²) in [7, 11) is 0. The van der Waals surface area contributed by atoms with Gasteiger partial charge in [-0.25, -0.2) is 0 Å². The molecule has 0 unspecified atom stereocenters. The Bertz CT molecular complexity index is 236. The van der Waals surface area contributed by atoms with Crippen molar-refractivity contribution in [3.05, 3.63) is 41.3 Å². The zero-order valence-corrected chi connectivity index (χ0v) is 7.69. The van der Waals surface area contributed by atoms with E-state index < -0.39 is 0 Å². The molecule has 1 aromatic rings. The van der Waals surface area contributed by atoms with Gasteiger partial charge in [0.15, 0.2) is 0 Å². The standard InChI is InChI=1S/C10H12S/c1-9(8-11-2)10-6-4-3-5-7-10/h3-8H,1-2H3/b9-8-. The largest absolute Gasteiger partial charge is 0.137 e. The minimum absolute atomic E-state index is 1.31. The molecular weight excluding hydrogens is 152 g/mol. The maximum atomic E-state index is 2.16. The van der Waals surface area contributed by atoms with E-state index in [1.54, 1.807) is 11.8 Å². The summed E-state index contributed by atoms with van der Waals surface area (Å²) in [5.41, 5.74) is 2.64. The van der Waals surface area contributed by atoms with E-state index in [1.807, 2.05) is 6.07 Å².